The lowest BCUT2D eigenvalue weighted by Gasteiger charge is -2.21. The average Bonchev–Trinajstić information content (AvgIpc) is 3.13. The van der Waals surface area contributed by atoms with Crippen LogP contribution in [0.5, 0.6) is 0 Å². The van der Waals surface area contributed by atoms with E-state index < -0.39 is 0 Å². The van der Waals surface area contributed by atoms with Crippen LogP contribution in [0.2, 0.25) is 0 Å². The van der Waals surface area contributed by atoms with Gasteiger partial charge in [-0.25, -0.2) is 4.98 Å². The highest BCUT2D eigenvalue weighted by molar-refractivity contribution is 7.15. The number of hydrogen-bond acceptors (Lipinski definition) is 4. The Bertz CT molecular complexity index is 815. The minimum Gasteiger partial charge on any atom is -0.372 e. The highest BCUT2D eigenvalue weighted by atomic mass is 32.1. The van der Waals surface area contributed by atoms with E-state index in [1.807, 2.05) is 41.0 Å². The molecule has 2 heterocycles. The molecule has 3 aromatic rings. The smallest absolute Gasteiger partial charge is 0.275 e. The minimum absolute atomic E-state index is 0.184. The zero-order valence-corrected chi connectivity index (χ0v) is 14.4. The van der Waals surface area contributed by atoms with Gasteiger partial charge in [0.15, 0.2) is 4.96 Å². The molecular weight excluding hydrogens is 308 g/mol. The van der Waals surface area contributed by atoms with Crippen LogP contribution in [0.15, 0.2) is 35.8 Å². The second-order valence-electron chi connectivity index (χ2n) is 5.33. The number of rotatable bonds is 5. The molecular formula is C17H20N4OS. The summed E-state index contributed by atoms with van der Waals surface area (Å²) in [5.41, 5.74) is 3.46. The van der Waals surface area contributed by atoms with Gasteiger partial charge in [-0.1, -0.05) is 0 Å². The summed E-state index contributed by atoms with van der Waals surface area (Å²) in [7, 11) is 0. The molecule has 5 nitrogen and oxygen atoms in total. The monoisotopic (exact) mass is 328 g/mol. The summed E-state index contributed by atoms with van der Waals surface area (Å²) < 4.78 is 1.93. The lowest BCUT2D eigenvalue weighted by atomic mass is 10.2. The molecule has 0 radical (unpaired) electrons. The van der Waals surface area contributed by atoms with E-state index in [4.69, 9.17) is 0 Å². The van der Waals surface area contributed by atoms with Crippen LogP contribution in [-0.2, 0) is 0 Å². The zero-order chi connectivity index (χ0) is 16.4. The maximum atomic E-state index is 12.3. The Morgan fingerprint density at radius 3 is 2.57 bits per heavy atom. The Labute approximate surface area is 139 Å². The van der Waals surface area contributed by atoms with Crippen LogP contribution in [0.1, 0.15) is 30.0 Å². The van der Waals surface area contributed by atoms with Gasteiger partial charge in [-0.05, 0) is 45.0 Å². The van der Waals surface area contributed by atoms with Crippen LogP contribution in [-0.4, -0.2) is 28.4 Å². The highest BCUT2D eigenvalue weighted by Crippen LogP contribution is 2.19. The lowest BCUT2D eigenvalue weighted by Crippen LogP contribution is -2.21. The summed E-state index contributed by atoms with van der Waals surface area (Å²) in [4.78, 5) is 19.8. The number of thiazole rings is 1. The number of aromatic nitrogens is 2. The van der Waals surface area contributed by atoms with Crippen LogP contribution in [0.4, 0.5) is 11.4 Å². The zero-order valence-electron chi connectivity index (χ0n) is 13.5. The molecule has 1 N–H and O–H groups in total. The molecule has 0 saturated heterocycles. The molecule has 0 aliphatic rings. The number of imidazole rings is 1. The van der Waals surface area contributed by atoms with Crippen LogP contribution in [0.25, 0.3) is 4.96 Å². The van der Waals surface area contributed by atoms with E-state index in [0.29, 0.717) is 5.69 Å². The molecule has 0 aliphatic heterocycles. The molecule has 1 aromatic carbocycles. The molecule has 120 valence electrons. The minimum atomic E-state index is -0.184. The molecule has 6 heteroatoms. The molecule has 2 aromatic heterocycles. The number of anilines is 2. The second kappa shape index (κ2) is 6.42. The third-order valence-electron chi connectivity index (χ3n) is 3.87. The summed E-state index contributed by atoms with van der Waals surface area (Å²) in [6.45, 7) is 8.19. The first-order valence-electron chi connectivity index (χ1n) is 7.72. The maximum Gasteiger partial charge on any atom is 0.275 e. The summed E-state index contributed by atoms with van der Waals surface area (Å²) in [5, 5.41) is 4.93. The Balaban J connectivity index is 1.74. The Kier molecular flexibility index (Phi) is 4.34. The number of amides is 1. The van der Waals surface area contributed by atoms with E-state index in [1.54, 1.807) is 6.20 Å². The standard InChI is InChI=1S/C17H20N4OS/c1-4-20(5-2)14-8-6-13(7-9-14)18-16(22)15-10-21-12(3)11-23-17(21)19-15/h6-11H,4-5H2,1-3H3,(H,18,22). The predicted octanol–water partition coefficient (Wildman–Crippen LogP) is 3.80. The number of benzene rings is 1. The van der Waals surface area contributed by atoms with Crippen molar-refractivity contribution in [3.8, 4) is 0 Å². The fourth-order valence-electron chi connectivity index (χ4n) is 2.54. The van der Waals surface area contributed by atoms with Gasteiger partial charge < -0.3 is 10.2 Å². The quantitative estimate of drug-likeness (QED) is 0.775. The van der Waals surface area contributed by atoms with Crippen molar-refractivity contribution in [2.24, 2.45) is 0 Å². The van der Waals surface area contributed by atoms with Crippen LogP contribution in [0.3, 0.4) is 0 Å². The first-order valence-corrected chi connectivity index (χ1v) is 8.60. The fraction of sp³-hybridized carbons (Fsp3) is 0.294. The van der Waals surface area contributed by atoms with E-state index in [2.05, 4.69) is 29.0 Å². The number of fused-ring (bicyclic) bond motifs is 1. The van der Waals surface area contributed by atoms with Gasteiger partial charge >= 0.3 is 0 Å². The number of carbonyl (C=O) groups excluding carboxylic acids is 1. The Morgan fingerprint density at radius 1 is 1.26 bits per heavy atom. The molecule has 0 aliphatic carbocycles. The number of nitrogens with one attached hydrogen (secondary N) is 1. The summed E-state index contributed by atoms with van der Waals surface area (Å²) >= 11 is 1.53. The van der Waals surface area contributed by atoms with Crippen LogP contribution < -0.4 is 10.2 Å². The van der Waals surface area contributed by atoms with Crippen LogP contribution >= 0.6 is 11.3 Å². The van der Waals surface area contributed by atoms with Gasteiger partial charge in [0, 0.05) is 41.7 Å². The summed E-state index contributed by atoms with van der Waals surface area (Å²) in [6.07, 6.45) is 1.78. The molecule has 0 saturated carbocycles. The van der Waals surface area contributed by atoms with Crippen molar-refractivity contribution >= 4 is 33.6 Å². The van der Waals surface area contributed by atoms with Gasteiger partial charge in [0.05, 0.1) is 0 Å². The normalized spacial score (nSPS) is 10.9. The molecule has 0 fully saturated rings. The first-order chi connectivity index (χ1) is 11.1. The maximum absolute atomic E-state index is 12.3. The summed E-state index contributed by atoms with van der Waals surface area (Å²) in [6, 6.07) is 7.90. The van der Waals surface area contributed by atoms with E-state index in [9.17, 15) is 4.79 Å². The number of hydrogen-bond donors (Lipinski definition) is 1. The van der Waals surface area contributed by atoms with Gasteiger partial charge in [-0.15, -0.1) is 11.3 Å². The topological polar surface area (TPSA) is 49.6 Å². The van der Waals surface area contributed by atoms with Gasteiger partial charge in [0.1, 0.15) is 5.69 Å². The van der Waals surface area contributed by atoms with E-state index in [1.165, 1.54) is 11.3 Å². The van der Waals surface area contributed by atoms with Crippen molar-refractivity contribution in [2.45, 2.75) is 20.8 Å². The van der Waals surface area contributed by atoms with Crippen molar-refractivity contribution in [1.29, 1.82) is 0 Å². The van der Waals surface area contributed by atoms with Gasteiger partial charge in [-0.2, -0.15) is 0 Å². The molecule has 0 unspecified atom stereocenters. The Hall–Kier alpha value is -2.34. The van der Waals surface area contributed by atoms with Crippen molar-refractivity contribution in [3.63, 3.8) is 0 Å². The molecule has 3 rings (SSSR count). The number of carbonyl (C=O) groups is 1. The second-order valence-corrected chi connectivity index (χ2v) is 6.17. The fourth-order valence-corrected chi connectivity index (χ4v) is 3.39. The number of nitrogens with zero attached hydrogens (tertiary/aromatic N) is 3. The predicted molar refractivity (Wildman–Crippen MR) is 95.8 cm³/mol. The SMILES string of the molecule is CCN(CC)c1ccc(NC(=O)c2cn3c(C)csc3n2)cc1. The molecule has 23 heavy (non-hydrogen) atoms. The van der Waals surface area contributed by atoms with Crippen molar-refractivity contribution in [2.75, 3.05) is 23.3 Å². The van der Waals surface area contributed by atoms with Crippen molar-refractivity contribution in [3.05, 3.63) is 47.2 Å². The lowest BCUT2D eigenvalue weighted by molar-refractivity contribution is 0.102. The van der Waals surface area contributed by atoms with E-state index >= 15 is 0 Å². The van der Waals surface area contributed by atoms with Gasteiger partial charge in [0.2, 0.25) is 0 Å². The van der Waals surface area contributed by atoms with Gasteiger partial charge in [-0.3, -0.25) is 9.20 Å². The summed E-state index contributed by atoms with van der Waals surface area (Å²) in [5.74, 6) is -0.184. The van der Waals surface area contributed by atoms with E-state index in [-0.39, 0.29) is 5.91 Å². The van der Waals surface area contributed by atoms with Gasteiger partial charge in [0.25, 0.3) is 5.91 Å². The van der Waals surface area contributed by atoms with Crippen molar-refractivity contribution in [1.82, 2.24) is 9.38 Å². The molecule has 0 atom stereocenters. The molecule has 1 amide bonds. The average molecular weight is 328 g/mol. The largest absolute Gasteiger partial charge is 0.372 e. The van der Waals surface area contributed by atoms with Crippen molar-refractivity contribution < 1.29 is 4.79 Å². The third kappa shape index (κ3) is 3.07. The van der Waals surface area contributed by atoms with E-state index in [0.717, 1.165) is 35.1 Å². The number of aryl methyl sites for hydroxylation is 1. The molecule has 0 bridgehead atoms. The highest BCUT2D eigenvalue weighted by Gasteiger charge is 2.13. The molecule has 0 spiro atoms. The first kappa shape index (κ1) is 15.6. The Morgan fingerprint density at radius 2 is 1.96 bits per heavy atom. The van der Waals surface area contributed by atoms with Crippen LogP contribution in [0, 0.1) is 6.92 Å². The third-order valence-corrected chi connectivity index (χ3v) is 4.83.